The number of sulfonamides is 1. The summed E-state index contributed by atoms with van der Waals surface area (Å²) in [7, 11) is -1.22. The molecule has 2 N–H and O–H groups in total. The Bertz CT molecular complexity index is 916. The Balaban J connectivity index is 2.20. The van der Waals surface area contributed by atoms with Crippen LogP contribution in [0, 0.1) is 11.3 Å². The average molecular weight is 377 g/mol. The molecule has 136 valence electrons. The first-order valence-corrected chi connectivity index (χ1v) is 8.63. The normalized spacial score (nSPS) is 10.5. The van der Waals surface area contributed by atoms with Crippen LogP contribution in [0.3, 0.4) is 0 Å². The number of anilines is 2. The second-order valence-corrected chi connectivity index (χ2v) is 6.48. The van der Waals surface area contributed by atoms with Crippen molar-refractivity contribution in [3.8, 4) is 18.0 Å². The SMILES string of the molecule is COc1cc(NS(=O)(=O)c2ccc(NC(=O)CC#N)cc2)nc(OC)n1. The molecule has 0 spiro atoms. The first kappa shape index (κ1) is 18.9. The van der Waals surface area contributed by atoms with Crippen LogP contribution in [-0.2, 0) is 14.8 Å². The highest BCUT2D eigenvalue weighted by Gasteiger charge is 2.17. The van der Waals surface area contributed by atoms with Gasteiger partial charge in [0.2, 0.25) is 11.8 Å². The summed E-state index contributed by atoms with van der Waals surface area (Å²) in [6, 6.07) is 8.39. The van der Waals surface area contributed by atoms with Gasteiger partial charge < -0.3 is 14.8 Å². The lowest BCUT2D eigenvalue weighted by Crippen LogP contribution is -2.15. The lowest BCUT2D eigenvalue weighted by molar-refractivity contribution is -0.115. The van der Waals surface area contributed by atoms with Crippen LogP contribution in [0.4, 0.5) is 11.5 Å². The number of methoxy groups -OCH3 is 2. The maximum Gasteiger partial charge on any atom is 0.321 e. The quantitative estimate of drug-likeness (QED) is 0.731. The number of hydrogen-bond donors (Lipinski definition) is 2. The lowest BCUT2D eigenvalue weighted by atomic mass is 10.3. The maximum atomic E-state index is 12.5. The van der Waals surface area contributed by atoms with Gasteiger partial charge in [-0.05, 0) is 24.3 Å². The highest BCUT2D eigenvalue weighted by atomic mass is 32.2. The summed E-state index contributed by atoms with van der Waals surface area (Å²) >= 11 is 0. The molecule has 1 heterocycles. The van der Waals surface area contributed by atoms with Gasteiger partial charge >= 0.3 is 6.01 Å². The molecule has 0 atom stereocenters. The molecule has 0 saturated carbocycles. The number of rotatable bonds is 7. The zero-order chi connectivity index (χ0) is 19.2. The fraction of sp³-hybridized carbons (Fsp3) is 0.200. The van der Waals surface area contributed by atoms with E-state index < -0.39 is 15.9 Å². The van der Waals surface area contributed by atoms with Crippen molar-refractivity contribution in [2.24, 2.45) is 0 Å². The molecule has 11 heteroatoms. The maximum absolute atomic E-state index is 12.5. The summed E-state index contributed by atoms with van der Waals surface area (Å²) in [5.74, 6) is -0.383. The van der Waals surface area contributed by atoms with Gasteiger partial charge in [-0.3, -0.25) is 9.52 Å². The number of nitriles is 1. The number of amides is 1. The van der Waals surface area contributed by atoms with Gasteiger partial charge in [-0.1, -0.05) is 0 Å². The third kappa shape index (κ3) is 4.81. The molecule has 2 rings (SSSR count). The van der Waals surface area contributed by atoms with E-state index >= 15 is 0 Å². The van der Waals surface area contributed by atoms with E-state index in [1.807, 2.05) is 0 Å². The fourth-order valence-corrected chi connectivity index (χ4v) is 2.84. The van der Waals surface area contributed by atoms with Crippen LogP contribution in [0.5, 0.6) is 11.9 Å². The first-order valence-electron chi connectivity index (χ1n) is 7.14. The summed E-state index contributed by atoms with van der Waals surface area (Å²) in [4.78, 5) is 19.1. The zero-order valence-electron chi connectivity index (χ0n) is 13.9. The van der Waals surface area contributed by atoms with Crippen LogP contribution < -0.4 is 19.5 Å². The predicted octanol–water partition coefficient (Wildman–Crippen LogP) is 1.15. The van der Waals surface area contributed by atoms with E-state index in [1.165, 1.54) is 44.6 Å². The minimum Gasteiger partial charge on any atom is -0.481 e. The Morgan fingerprint density at radius 1 is 1.19 bits per heavy atom. The molecule has 10 nitrogen and oxygen atoms in total. The summed E-state index contributed by atoms with van der Waals surface area (Å²) in [5, 5.41) is 10.9. The Morgan fingerprint density at radius 3 is 2.46 bits per heavy atom. The van der Waals surface area contributed by atoms with Crippen molar-refractivity contribution < 1.29 is 22.7 Å². The predicted molar refractivity (Wildman–Crippen MR) is 91.2 cm³/mol. The summed E-state index contributed by atoms with van der Waals surface area (Å²) in [6.07, 6.45) is -0.293. The molecule has 0 aliphatic rings. The van der Waals surface area contributed by atoms with Crippen LogP contribution in [0.1, 0.15) is 6.42 Å². The van der Waals surface area contributed by atoms with Gasteiger partial charge in [-0.25, -0.2) is 8.42 Å². The monoisotopic (exact) mass is 377 g/mol. The number of aromatic nitrogens is 2. The molecule has 0 aliphatic heterocycles. The second kappa shape index (κ2) is 8.13. The average Bonchev–Trinajstić information content (AvgIpc) is 2.61. The number of hydrogen-bond acceptors (Lipinski definition) is 8. The van der Waals surface area contributed by atoms with E-state index in [2.05, 4.69) is 20.0 Å². The number of carbonyl (C=O) groups excluding carboxylic acids is 1. The molecule has 1 amide bonds. The van der Waals surface area contributed by atoms with Crippen LogP contribution in [-0.4, -0.2) is 38.5 Å². The van der Waals surface area contributed by atoms with E-state index in [0.29, 0.717) is 5.69 Å². The third-order valence-electron chi connectivity index (χ3n) is 3.00. The Labute approximate surface area is 149 Å². The molecular weight excluding hydrogens is 362 g/mol. The summed E-state index contributed by atoms with van der Waals surface area (Å²) in [6.45, 7) is 0. The van der Waals surface area contributed by atoms with Crippen molar-refractivity contribution in [1.82, 2.24) is 9.97 Å². The minimum absolute atomic E-state index is 0.0277. The summed E-state index contributed by atoms with van der Waals surface area (Å²) in [5.41, 5.74) is 0.370. The van der Waals surface area contributed by atoms with Crippen LogP contribution in [0.2, 0.25) is 0 Å². The highest BCUT2D eigenvalue weighted by Crippen LogP contribution is 2.21. The molecule has 1 aromatic carbocycles. The molecule has 0 saturated heterocycles. The summed E-state index contributed by atoms with van der Waals surface area (Å²) < 4.78 is 37.1. The third-order valence-corrected chi connectivity index (χ3v) is 4.37. The Morgan fingerprint density at radius 2 is 1.88 bits per heavy atom. The van der Waals surface area contributed by atoms with Crippen molar-refractivity contribution in [3.63, 3.8) is 0 Å². The Hall–Kier alpha value is -3.39. The van der Waals surface area contributed by atoms with Crippen molar-refractivity contribution in [2.75, 3.05) is 24.3 Å². The number of ether oxygens (including phenoxy) is 2. The first-order chi connectivity index (χ1) is 12.4. The molecule has 0 unspecified atom stereocenters. The van der Waals surface area contributed by atoms with E-state index in [0.717, 1.165) is 0 Å². The lowest BCUT2D eigenvalue weighted by Gasteiger charge is -2.10. The molecule has 0 radical (unpaired) electrons. The van der Waals surface area contributed by atoms with Gasteiger partial charge in [-0.15, -0.1) is 0 Å². The van der Waals surface area contributed by atoms with E-state index in [1.54, 1.807) is 6.07 Å². The van der Waals surface area contributed by atoms with Crippen LogP contribution in [0.15, 0.2) is 35.2 Å². The van der Waals surface area contributed by atoms with E-state index in [9.17, 15) is 13.2 Å². The standard InChI is InChI=1S/C15H15N5O5S/c1-24-14-9-12(18-15(19-14)25-2)20-26(22,23)11-5-3-10(4-6-11)17-13(21)7-8-16/h3-6,9H,7H2,1-2H3,(H,17,21)(H,18,19,20). The van der Waals surface area contributed by atoms with Crippen LogP contribution in [0.25, 0.3) is 0 Å². The Kier molecular flexibility index (Phi) is 5.92. The number of nitrogens with one attached hydrogen (secondary N) is 2. The van der Waals surface area contributed by atoms with Gasteiger partial charge in [-0.2, -0.15) is 15.2 Å². The van der Waals surface area contributed by atoms with Gasteiger partial charge in [0, 0.05) is 11.8 Å². The molecular formula is C15H15N5O5S. The van der Waals surface area contributed by atoms with Crippen LogP contribution >= 0.6 is 0 Å². The largest absolute Gasteiger partial charge is 0.481 e. The highest BCUT2D eigenvalue weighted by molar-refractivity contribution is 7.92. The number of nitrogens with zero attached hydrogens (tertiary/aromatic N) is 3. The number of carbonyl (C=O) groups is 1. The van der Waals surface area contributed by atoms with Crippen molar-refractivity contribution >= 4 is 27.4 Å². The topological polar surface area (TPSA) is 143 Å². The van der Waals surface area contributed by atoms with Gasteiger partial charge in [0.1, 0.15) is 6.42 Å². The van der Waals surface area contributed by atoms with Gasteiger partial charge in [0.25, 0.3) is 10.0 Å². The van der Waals surface area contributed by atoms with E-state index in [4.69, 9.17) is 14.7 Å². The van der Waals surface area contributed by atoms with Crippen molar-refractivity contribution in [1.29, 1.82) is 5.26 Å². The molecule has 0 bridgehead atoms. The minimum atomic E-state index is -3.94. The van der Waals surface area contributed by atoms with Crippen molar-refractivity contribution in [3.05, 3.63) is 30.3 Å². The molecule has 26 heavy (non-hydrogen) atoms. The fourth-order valence-electron chi connectivity index (χ4n) is 1.84. The smallest absolute Gasteiger partial charge is 0.321 e. The van der Waals surface area contributed by atoms with Crippen molar-refractivity contribution in [2.45, 2.75) is 11.3 Å². The zero-order valence-corrected chi connectivity index (χ0v) is 14.7. The van der Waals surface area contributed by atoms with Gasteiger partial charge in [0.05, 0.1) is 25.2 Å². The molecule has 0 fully saturated rings. The second-order valence-electron chi connectivity index (χ2n) is 4.80. The van der Waals surface area contributed by atoms with E-state index in [-0.39, 0.29) is 29.0 Å². The van der Waals surface area contributed by atoms with Gasteiger partial charge in [0.15, 0.2) is 5.82 Å². The molecule has 1 aromatic heterocycles. The molecule has 2 aromatic rings. The molecule has 0 aliphatic carbocycles. The number of benzene rings is 1.